The van der Waals surface area contributed by atoms with E-state index in [9.17, 15) is 13.2 Å². The number of alkyl halides is 3. The van der Waals surface area contributed by atoms with Crippen molar-refractivity contribution in [3.8, 4) is 0 Å². The van der Waals surface area contributed by atoms with Crippen molar-refractivity contribution in [2.24, 2.45) is 0 Å². The van der Waals surface area contributed by atoms with Crippen LogP contribution >= 0.6 is 52.3 Å². The van der Waals surface area contributed by atoms with E-state index in [2.05, 4.69) is 21.2 Å². The fourth-order valence-corrected chi connectivity index (χ4v) is 3.11. The Hall–Kier alpha value is 0.280. The van der Waals surface area contributed by atoms with Gasteiger partial charge in [-0.1, -0.05) is 27.5 Å². The van der Waals surface area contributed by atoms with E-state index in [1.807, 2.05) is 4.90 Å². The standard InChI is InChI=1S/C13H15BrClF3N2.2ClH/c14-11-2-1-9(15)7-10(11)12(8-13(16,17)18)20-5-3-19-4-6-20;;/h1-2,7,12,19H,3-6,8H2;2*1H/t12-;;/m0../s1. The summed E-state index contributed by atoms with van der Waals surface area (Å²) in [5.41, 5.74) is 0.594. The maximum atomic E-state index is 12.9. The first kappa shape index (κ1) is 22.3. The molecule has 1 aliphatic rings. The molecule has 1 fully saturated rings. The molecule has 0 radical (unpaired) electrons. The molecular formula is C13H17BrCl3F3N2. The molecule has 2 nitrogen and oxygen atoms in total. The Morgan fingerprint density at radius 3 is 2.36 bits per heavy atom. The molecule has 128 valence electrons. The Kier molecular flexibility index (Phi) is 9.67. The van der Waals surface area contributed by atoms with Gasteiger partial charge >= 0.3 is 6.18 Å². The largest absolute Gasteiger partial charge is 0.390 e. The summed E-state index contributed by atoms with van der Waals surface area (Å²) < 4.78 is 39.3. The molecule has 0 saturated carbocycles. The van der Waals surface area contributed by atoms with Gasteiger partial charge in [-0.3, -0.25) is 4.90 Å². The Labute approximate surface area is 153 Å². The van der Waals surface area contributed by atoms with E-state index in [0.717, 1.165) is 0 Å². The maximum absolute atomic E-state index is 12.9. The van der Waals surface area contributed by atoms with E-state index in [-0.39, 0.29) is 24.8 Å². The van der Waals surface area contributed by atoms with Crippen LogP contribution in [0.4, 0.5) is 13.2 Å². The van der Waals surface area contributed by atoms with E-state index < -0.39 is 18.6 Å². The highest BCUT2D eigenvalue weighted by Gasteiger charge is 2.36. The molecule has 9 heteroatoms. The van der Waals surface area contributed by atoms with Crippen molar-refractivity contribution in [3.63, 3.8) is 0 Å². The number of nitrogens with one attached hydrogen (secondary N) is 1. The van der Waals surface area contributed by atoms with E-state index in [0.29, 0.717) is 41.2 Å². The third-order valence-electron chi connectivity index (χ3n) is 3.33. The molecule has 1 heterocycles. The molecule has 22 heavy (non-hydrogen) atoms. The van der Waals surface area contributed by atoms with Crippen LogP contribution in [0.15, 0.2) is 22.7 Å². The topological polar surface area (TPSA) is 15.3 Å². The fourth-order valence-electron chi connectivity index (χ4n) is 2.42. The number of piperazine rings is 1. The fraction of sp³-hybridized carbons (Fsp3) is 0.538. The molecular weight excluding hydrogens is 427 g/mol. The zero-order valence-corrected chi connectivity index (χ0v) is 15.5. The van der Waals surface area contributed by atoms with Gasteiger partial charge in [-0.2, -0.15) is 13.2 Å². The van der Waals surface area contributed by atoms with Crippen LogP contribution in [0.3, 0.4) is 0 Å². The molecule has 0 aliphatic carbocycles. The SMILES string of the molecule is Cl.Cl.FC(F)(F)C[C@@H](c1cc(Cl)ccc1Br)N1CCNCC1. The average Bonchev–Trinajstić information content (AvgIpc) is 2.39. The molecule has 1 aromatic rings. The van der Waals surface area contributed by atoms with Gasteiger partial charge in [0.15, 0.2) is 0 Å². The molecule has 0 aromatic heterocycles. The van der Waals surface area contributed by atoms with Gasteiger partial charge in [-0.25, -0.2) is 0 Å². The molecule has 0 amide bonds. The zero-order chi connectivity index (χ0) is 14.8. The monoisotopic (exact) mass is 442 g/mol. The number of rotatable bonds is 3. The van der Waals surface area contributed by atoms with Crippen LogP contribution in [-0.4, -0.2) is 37.3 Å². The van der Waals surface area contributed by atoms with Crippen molar-refractivity contribution < 1.29 is 13.2 Å². The predicted molar refractivity (Wildman–Crippen MR) is 91.5 cm³/mol. The highest BCUT2D eigenvalue weighted by atomic mass is 79.9. The Morgan fingerprint density at radius 1 is 1.23 bits per heavy atom. The van der Waals surface area contributed by atoms with Gasteiger partial charge in [-0.05, 0) is 23.8 Å². The summed E-state index contributed by atoms with van der Waals surface area (Å²) in [6.07, 6.45) is -5.08. The lowest BCUT2D eigenvalue weighted by Gasteiger charge is -2.36. The molecule has 0 spiro atoms. The Balaban J connectivity index is 0.00000220. The van der Waals surface area contributed by atoms with Crippen LogP contribution in [0.2, 0.25) is 5.02 Å². The molecule has 0 unspecified atom stereocenters. The molecule has 0 bridgehead atoms. The summed E-state index contributed by atoms with van der Waals surface area (Å²) in [6.45, 7) is 2.60. The first-order valence-corrected chi connectivity index (χ1v) is 7.50. The van der Waals surface area contributed by atoms with Crippen LogP contribution in [0.5, 0.6) is 0 Å². The van der Waals surface area contributed by atoms with E-state index in [1.165, 1.54) is 0 Å². The Morgan fingerprint density at radius 2 is 1.82 bits per heavy atom. The lowest BCUT2D eigenvalue weighted by Crippen LogP contribution is -2.46. The maximum Gasteiger partial charge on any atom is 0.390 e. The summed E-state index contributed by atoms with van der Waals surface area (Å²) in [6, 6.07) is 4.27. The van der Waals surface area contributed by atoms with Crippen molar-refractivity contribution in [2.75, 3.05) is 26.2 Å². The van der Waals surface area contributed by atoms with Gasteiger partial charge in [0.25, 0.3) is 0 Å². The van der Waals surface area contributed by atoms with Crippen LogP contribution in [0, 0.1) is 0 Å². The summed E-state index contributed by atoms with van der Waals surface area (Å²) >= 11 is 9.28. The quantitative estimate of drug-likeness (QED) is 0.718. The first-order valence-electron chi connectivity index (χ1n) is 6.33. The molecule has 1 atom stereocenters. The van der Waals surface area contributed by atoms with Gasteiger partial charge < -0.3 is 5.32 Å². The number of nitrogens with zero attached hydrogens (tertiary/aromatic N) is 1. The summed E-state index contributed by atoms with van der Waals surface area (Å²) in [4.78, 5) is 1.86. The van der Waals surface area contributed by atoms with Gasteiger partial charge in [-0.15, -0.1) is 24.8 Å². The minimum absolute atomic E-state index is 0. The summed E-state index contributed by atoms with van der Waals surface area (Å²) in [5.74, 6) is 0. The number of hydrogen-bond acceptors (Lipinski definition) is 2. The van der Waals surface area contributed by atoms with Crippen LogP contribution < -0.4 is 5.32 Å². The van der Waals surface area contributed by atoms with Crippen molar-refractivity contribution in [3.05, 3.63) is 33.3 Å². The van der Waals surface area contributed by atoms with E-state index >= 15 is 0 Å². The molecule has 1 N–H and O–H groups in total. The van der Waals surface area contributed by atoms with E-state index in [1.54, 1.807) is 18.2 Å². The molecule has 1 aliphatic heterocycles. The number of hydrogen-bond donors (Lipinski definition) is 1. The number of benzene rings is 1. The zero-order valence-electron chi connectivity index (χ0n) is 11.5. The Bertz CT molecular complexity index is 468. The predicted octanol–water partition coefficient (Wildman–Crippen LogP) is 4.84. The summed E-state index contributed by atoms with van der Waals surface area (Å²) in [7, 11) is 0. The molecule has 1 aromatic carbocycles. The first-order chi connectivity index (χ1) is 9.37. The highest BCUT2D eigenvalue weighted by Crippen LogP contribution is 2.38. The lowest BCUT2D eigenvalue weighted by atomic mass is 10.0. The highest BCUT2D eigenvalue weighted by molar-refractivity contribution is 9.10. The van der Waals surface area contributed by atoms with Crippen LogP contribution in [-0.2, 0) is 0 Å². The molecule has 2 rings (SSSR count). The summed E-state index contributed by atoms with van der Waals surface area (Å²) in [5, 5.41) is 3.60. The van der Waals surface area contributed by atoms with Crippen LogP contribution in [0.1, 0.15) is 18.0 Å². The third-order valence-corrected chi connectivity index (χ3v) is 4.29. The number of halogens is 7. The van der Waals surface area contributed by atoms with Gasteiger partial charge in [0, 0.05) is 41.7 Å². The lowest BCUT2D eigenvalue weighted by molar-refractivity contribution is -0.148. The van der Waals surface area contributed by atoms with Crippen molar-refractivity contribution in [1.82, 2.24) is 10.2 Å². The van der Waals surface area contributed by atoms with Crippen molar-refractivity contribution in [1.29, 1.82) is 0 Å². The minimum Gasteiger partial charge on any atom is -0.314 e. The third kappa shape index (κ3) is 6.42. The smallest absolute Gasteiger partial charge is 0.314 e. The van der Waals surface area contributed by atoms with E-state index in [4.69, 9.17) is 11.6 Å². The van der Waals surface area contributed by atoms with Gasteiger partial charge in [0.05, 0.1) is 6.42 Å². The normalized spacial score (nSPS) is 17.3. The minimum atomic E-state index is -4.21. The van der Waals surface area contributed by atoms with Crippen molar-refractivity contribution >= 4 is 52.3 Å². The van der Waals surface area contributed by atoms with Crippen molar-refractivity contribution in [2.45, 2.75) is 18.6 Å². The second-order valence-corrected chi connectivity index (χ2v) is 6.08. The van der Waals surface area contributed by atoms with Gasteiger partial charge in [0.2, 0.25) is 0 Å². The van der Waals surface area contributed by atoms with Crippen LogP contribution in [0.25, 0.3) is 0 Å². The average molecular weight is 445 g/mol. The van der Waals surface area contributed by atoms with Gasteiger partial charge in [0.1, 0.15) is 0 Å². The second-order valence-electron chi connectivity index (χ2n) is 4.79. The second kappa shape index (κ2) is 9.55. The molecule has 1 saturated heterocycles.